The van der Waals surface area contributed by atoms with Gasteiger partial charge in [0.2, 0.25) is 0 Å². The minimum absolute atomic E-state index is 0.922. The fourth-order valence-corrected chi connectivity index (χ4v) is 2.79. The first-order valence-corrected chi connectivity index (χ1v) is 8.61. The van der Waals surface area contributed by atoms with E-state index in [0.29, 0.717) is 0 Å². The number of aromatic nitrogens is 2. The van der Waals surface area contributed by atoms with E-state index in [1.165, 1.54) is 5.56 Å². The van der Waals surface area contributed by atoms with Gasteiger partial charge >= 0.3 is 0 Å². The molecule has 0 unspecified atom stereocenters. The third kappa shape index (κ3) is 3.47. The van der Waals surface area contributed by atoms with Crippen LogP contribution in [0.15, 0.2) is 96.1 Å². The molecule has 26 heavy (non-hydrogen) atoms. The second kappa shape index (κ2) is 7.19. The highest BCUT2D eigenvalue weighted by molar-refractivity contribution is 5.90. The van der Waals surface area contributed by atoms with E-state index in [4.69, 9.17) is 5.10 Å². The quantitative estimate of drug-likeness (QED) is 0.446. The monoisotopic (exact) mass is 337 g/mol. The maximum Gasteiger partial charge on any atom is 0.101 e. The smallest absolute Gasteiger partial charge is 0.101 e. The molecule has 0 saturated carbocycles. The number of benzene rings is 3. The Balaban J connectivity index is 1.76. The predicted octanol–water partition coefficient (Wildman–Crippen LogP) is 5.60. The highest BCUT2D eigenvalue weighted by atomic mass is 15.3. The van der Waals surface area contributed by atoms with Crippen molar-refractivity contribution in [2.75, 3.05) is 0 Å². The predicted molar refractivity (Wildman–Crippen MR) is 107 cm³/mol. The summed E-state index contributed by atoms with van der Waals surface area (Å²) in [6.45, 7) is 2.07. The Bertz CT molecular complexity index is 1010. The highest BCUT2D eigenvalue weighted by Crippen LogP contribution is 2.23. The lowest BCUT2D eigenvalue weighted by Crippen LogP contribution is -1.93. The molecule has 3 nitrogen and oxygen atoms in total. The van der Waals surface area contributed by atoms with E-state index in [0.717, 1.165) is 28.2 Å². The van der Waals surface area contributed by atoms with E-state index >= 15 is 0 Å². The van der Waals surface area contributed by atoms with Gasteiger partial charge in [0.05, 0.1) is 11.4 Å². The molecule has 0 radical (unpaired) electrons. The Hall–Kier alpha value is -3.46. The van der Waals surface area contributed by atoms with Gasteiger partial charge in [0.15, 0.2) is 0 Å². The van der Waals surface area contributed by atoms with Crippen molar-refractivity contribution < 1.29 is 0 Å². The number of rotatable bonds is 4. The van der Waals surface area contributed by atoms with Crippen LogP contribution >= 0.6 is 0 Å². The maximum atomic E-state index is 4.80. The number of para-hydroxylation sites is 1. The largest absolute Gasteiger partial charge is 0.256 e. The zero-order valence-electron chi connectivity index (χ0n) is 14.6. The second-order valence-electron chi connectivity index (χ2n) is 6.17. The molecule has 0 atom stereocenters. The molecule has 0 N–H and O–H groups in total. The van der Waals surface area contributed by atoms with E-state index in [9.17, 15) is 0 Å². The lowest BCUT2D eigenvalue weighted by atomic mass is 10.1. The minimum Gasteiger partial charge on any atom is -0.256 e. The van der Waals surface area contributed by atoms with Crippen LogP contribution in [0.25, 0.3) is 16.9 Å². The van der Waals surface area contributed by atoms with Gasteiger partial charge in [-0.2, -0.15) is 5.10 Å². The van der Waals surface area contributed by atoms with Crippen molar-refractivity contribution in [3.63, 3.8) is 0 Å². The van der Waals surface area contributed by atoms with Gasteiger partial charge in [-0.15, -0.1) is 0 Å². The second-order valence-corrected chi connectivity index (χ2v) is 6.17. The summed E-state index contributed by atoms with van der Waals surface area (Å²) in [5.41, 5.74) is 6.17. The number of hydrogen-bond acceptors (Lipinski definition) is 2. The van der Waals surface area contributed by atoms with Gasteiger partial charge in [-0.25, -0.2) is 4.68 Å². The minimum atomic E-state index is 0.922. The van der Waals surface area contributed by atoms with Crippen LogP contribution in [0, 0.1) is 6.92 Å². The van der Waals surface area contributed by atoms with Gasteiger partial charge in [-0.05, 0) is 31.2 Å². The summed E-state index contributed by atoms with van der Waals surface area (Å²) in [4.78, 5) is 4.63. The molecule has 126 valence electrons. The first-order valence-electron chi connectivity index (χ1n) is 8.61. The lowest BCUT2D eigenvalue weighted by Gasteiger charge is -2.00. The molecule has 0 bridgehead atoms. The van der Waals surface area contributed by atoms with E-state index in [1.54, 1.807) is 0 Å². The zero-order chi connectivity index (χ0) is 17.8. The summed E-state index contributed by atoms with van der Waals surface area (Å²) in [5, 5.41) is 4.80. The van der Waals surface area contributed by atoms with Gasteiger partial charge in [-0.3, -0.25) is 4.99 Å². The molecule has 0 amide bonds. The van der Waals surface area contributed by atoms with Crippen LogP contribution in [0.5, 0.6) is 0 Å². The third-order valence-electron chi connectivity index (χ3n) is 4.20. The number of aliphatic imine (C=N–C) groups is 1. The van der Waals surface area contributed by atoms with Crippen LogP contribution in [-0.4, -0.2) is 16.0 Å². The number of aryl methyl sites for hydroxylation is 1. The average molecular weight is 337 g/mol. The molecule has 4 rings (SSSR count). The van der Waals surface area contributed by atoms with Crippen LogP contribution < -0.4 is 0 Å². The van der Waals surface area contributed by atoms with Crippen molar-refractivity contribution in [3.8, 4) is 16.9 Å². The molecule has 0 spiro atoms. The molecule has 0 fully saturated rings. The van der Waals surface area contributed by atoms with Crippen molar-refractivity contribution in [2.24, 2.45) is 4.99 Å². The molecule has 0 aliphatic carbocycles. The molecule has 3 aromatic carbocycles. The van der Waals surface area contributed by atoms with Crippen LogP contribution in [0.3, 0.4) is 0 Å². The Morgan fingerprint density at radius 1 is 0.808 bits per heavy atom. The summed E-state index contributed by atoms with van der Waals surface area (Å²) < 4.78 is 1.90. The molecule has 1 heterocycles. The van der Waals surface area contributed by atoms with Crippen molar-refractivity contribution >= 4 is 11.9 Å². The Kier molecular flexibility index (Phi) is 4.44. The van der Waals surface area contributed by atoms with Crippen LogP contribution in [0.1, 0.15) is 11.1 Å². The standard InChI is InChI=1S/C23H19N3/c1-18-12-14-21(15-13-18)24-16-20-17-26(22-10-6-3-7-11-22)25-23(20)19-8-4-2-5-9-19/h2-17H,1H3. The highest BCUT2D eigenvalue weighted by Gasteiger charge is 2.10. The van der Waals surface area contributed by atoms with Crippen molar-refractivity contribution in [3.05, 3.63) is 102 Å². The van der Waals surface area contributed by atoms with Gasteiger partial charge in [0.25, 0.3) is 0 Å². The summed E-state index contributed by atoms with van der Waals surface area (Å²) in [7, 11) is 0. The lowest BCUT2D eigenvalue weighted by molar-refractivity contribution is 0.884. The number of hydrogen-bond donors (Lipinski definition) is 0. The van der Waals surface area contributed by atoms with E-state index < -0.39 is 0 Å². The van der Waals surface area contributed by atoms with Crippen molar-refractivity contribution in [1.82, 2.24) is 9.78 Å². The van der Waals surface area contributed by atoms with E-state index in [1.807, 2.05) is 77.8 Å². The molecule has 3 heteroatoms. The van der Waals surface area contributed by atoms with Gasteiger partial charge in [-0.1, -0.05) is 66.2 Å². The van der Waals surface area contributed by atoms with E-state index in [-0.39, 0.29) is 0 Å². The van der Waals surface area contributed by atoms with E-state index in [2.05, 4.69) is 36.2 Å². The maximum absolute atomic E-state index is 4.80. The SMILES string of the molecule is Cc1ccc(N=Cc2cn(-c3ccccc3)nc2-c2ccccc2)cc1. The van der Waals surface area contributed by atoms with Crippen LogP contribution in [0.4, 0.5) is 5.69 Å². The molecule has 0 aliphatic heterocycles. The van der Waals surface area contributed by atoms with Crippen molar-refractivity contribution in [1.29, 1.82) is 0 Å². The first kappa shape index (κ1) is 16.0. The van der Waals surface area contributed by atoms with Crippen LogP contribution in [0.2, 0.25) is 0 Å². The molecular weight excluding hydrogens is 318 g/mol. The molecule has 4 aromatic rings. The summed E-state index contributed by atoms with van der Waals surface area (Å²) in [6.07, 6.45) is 3.91. The van der Waals surface area contributed by atoms with Gasteiger partial charge in [0.1, 0.15) is 5.69 Å². The van der Waals surface area contributed by atoms with Gasteiger partial charge < -0.3 is 0 Å². The molecule has 1 aromatic heterocycles. The topological polar surface area (TPSA) is 30.2 Å². The normalized spacial score (nSPS) is 11.1. The zero-order valence-corrected chi connectivity index (χ0v) is 14.6. The summed E-state index contributed by atoms with van der Waals surface area (Å²) in [6, 6.07) is 28.5. The van der Waals surface area contributed by atoms with Crippen molar-refractivity contribution in [2.45, 2.75) is 6.92 Å². The van der Waals surface area contributed by atoms with Crippen LogP contribution in [-0.2, 0) is 0 Å². The molecular formula is C23H19N3. The Morgan fingerprint density at radius 2 is 1.46 bits per heavy atom. The molecule has 0 saturated heterocycles. The first-order chi connectivity index (χ1) is 12.8. The fourth-order valence-electron chi connectivity index (χ4n) is 2.79. The Morgan fingerprint density at radius 3 is 2.15 bits per heavy atom. The fraction of sp³-hybridized carbons (Fsp3) is 0.0435. The Labute approximate surface area is 153 Å². The summed E-state index contributed by atoms with van der Waals surface area (Å²) >= 11 is 0. The average Bonchev–Trinajstić information content (AvgIpc) is 3.13. The van der Waals surface area contributed by atoms with Gasteiger partial charge in [0, 0.05) is 23.5 Å². The summed E-state index contributed by atoms with van der Waals surface area (Å²) in [5.74, 6) is 0. The molecule has 0 aliphatic rings. The third-order valence-corrected chi connectivity index (χ3v) is 4.20. The number of nitrogens with zero attached hydrogens (tertiary/aromatic N) is 3.